The molecule has 0 radical (unpaired) electrons. The predicted molar refractivity (Wildman–Crippen MR) is 85.0 cm³/mol. The summed E-state index contributed by atoms with van der Waals surface area (Å²) in [6.45, 7) is 3.73. The lowest BCUT2D eigenvalue weighted by molar-refractivity contribution is 0.0525. The Balaban J connectivity index is 2.32. The molecule has 24 heavy (non-hydrogen) atoms. The minimum atomic E-state index is -0.600. The van der Waals surface area contributed by atoms with Gasteiger partial charge in [-0.05, 0) is 44.2 Å². The molecule has 1 amide bonds. The fourth-order valence-corrected chi connectivity index (χ4v) is 1.96. The molecule has 1 heterocycles. The molecule has 1 N–H and O–H groups in total. The molecule has 0 saturated heterocycles. The van der Waals surface area contributed by atoms with Gasteiger partial charge in [-0.3, -0.25) is 4.79 Å². The minimum Gasteiger partial charge on any atom is -0.462 e. The second-order valence-corrected chi connectivity index (χ2v) is 4.67. The molecule has 0 saturated carbocycles. The zero-order chi connectivity index (χ0) is 17.5. The molecule has 7 nitrogen and oxygen atoms in total. The van der Waals surface area contributed by atoms with Gasteiger partial charge in [-0.2, -0.15) is 0 Å². The first-order chi connectivity index (χ1) is 11.5. The predicted octanol–water partition coefficient (Wildman–Crippen LogP) is 2.89. The van der Waals surface area contributed by atoms with E-state index in [1.165, 1.54) is 30.5 Å². The minimum absolute atomic E-state index is 0.106. The highest BCUT2D eigenvalue weighted by molar-refractivity contribution is 6.04. The molecule has 0 atom stereocenters. The van der Waals surface area contributed by atoms with Crippen LogP contribution >= 0.6 is 0 Å². The van der Waals surface area contributed by atoms with Crippen molar-refractivity contribution in [1.82, 2.24) is 0 Å². The van der Waals surface area contributed by atoms with Crippen LogP contribution in [0.3, 0.4) is 0 Å². The number of carbonyl (C=O) groups is 3. The third kappa shape index (κ3) is 4.22. The number of esters is 2. The van der Waals surface area contributed by atoms with Gasteiger partial charge in [-0.1, -0.05) is 0 Å². The summed E-state index contributed by atoms with van der Waals surface area (Å²) in [5, 5.41) is 2.57. The van der Waals surface area contributed by atoms with Crippen molar-refractivity contribution in [3.63, 3.8) is 0 Å². The summed E-state index contributed by atoms with van der Waals surface area (Å²) in [7, 11) is 0. The number of hydrogen-bond acceptors (Lipinski definition) is 6. The van der Waals surface area contributed by atoms with E-state index in [0.717, 1.165) is 0 Å². The number of amides is 1. The van der Waals surface area contributed by atoms with Crippen molar-refractivity contribution in [2.45, 2.75) is 13.8 Å². The van der Waals surface area contributed by atoms with Gasteiger partial charge >= 0.3 is 11.9 Å². The molecule has 1 aromatic carbocycles. The Hall–Kier alpha value is -3.09. The molecule has 1 aromatic heterocycles. The summed E-state index contributed by atoms with van der Waals surface area (Å²) in [6.07, 6.45) is 1.37. The van der Waals surface area contributed by atoms with Crippen LogP contribution in [0, 0.1) is 0 Å². The van der Waals surface area contributed by atoms with E-state index < -0.39 is 17.8 Å². The average molecular weight is 331 g/mol. The van der Waals surface area contributed by atoms with Crippen molar-refractivity contribution < 1.29 is 28.3 Å². The van der Waals surface area contributed by atoms with Crippen LogP contribution in [0.15, 0.2) is 41.0 Å². The van der Waals surface area contributed by atoms with Crippen molar-refractivity contribution in [3.8, 4) is 0 Å². The quantitative estimate of drug-likeness (QED) is 0.818. The summed E-state index contributed by atoms with van der Waals surface area (Å²) >= 11 is 0. The van der Waals surface area contributed by atoms with E-state index in [1.54, 1.807) is 19.9 Å². The molecule has 0 aliphatic heterocycles. The SMILES string of the molecule is CCOC(=O)c1cc(NC(=O)c2ccco2)cc(C(=O)OCC)c1. The third-order valence-corrected chi connectivity index (χ3v) is 2.96. The number of carbonyl (C=O) groups excluding carboxylic acids is 3. The molecule has 0 spiro atoms. The Morgan fingerprint density at radius 2 is 1.58 bits per heavy atom. The second-order valence-electron chi connectivity index (χ2n) is 4.67. The van der Waals surface area contributed by atoms with Crippen molar-refractivity contribution in [2.24, 2.45) is 0 Å². The molecule has 0 aliphatic rings. The average Bonchev–Trinajstić information content (AvgIpc) is 3.09. The first-order valence-corrected chi connectivity index (χ1v) is 7.39. The fraction of sp³-hybridized carbons (Fsp3) is 0.235. The molecule has 2 rings (SSSR count). The number of furan rings is 1. The lowest BCUT2D eigenvalue weighted by Crippen LogP contribution is -2.14. The number of benzene rings is 1. The number of hydrogen-bond donors (Lipinski definition) is 1. The monoisotopic (exact) mass is 331 g/mol. The standard InChI is InChI=1S/C17H17NO6/c1-3-22-16(20)11-8-12(17(21)23-4-2)10-13(9-11)18-15(19)14-6-5-7-24-14/h5-10H,3-4H2,1-2H3,(H,18,19). The normalized spacial score (nSPS) is 10.1. The van der Waals surface area contributed by atoms with E-state index in [2.05, 4.69) is 5.32 Å². The van der Waals surface area contributed by atoms with Gasteiger partial charge in [0.25, 0.3) is 5.91 Å². The van der Waals surface area contributed by atoms with Crippen molar-refractivity contribution in [3.05, 3.63) is 53.5 Å². The van der Waals surface area contributed by atoms with E-state index in [-0.39, 0.29) is 35.8 Å². The van der Waals surface area contributed by atoms with E-state index in [9.17, 15) is 14.4 Å². The van der Waals surface area contributed by atoms with Crippen LogP contribution in [0.4, 0.5) is 5.69 Å². The zero-order valence-electron chi connectivity index (χ0n) is 13.3. The lowest BCUT2D eigenvalue weighted by atomic mass is 10.1. The smallest absolute Gasteiger partial charge is 0.338 e. The molecular formula is C17H17NO6. The van der Waals surface area contributed by atoms with Crippen LogP contribution in [0.25, 0.3) is 0 Å². The Bertz CT molecular complexity index is 699. The molecule has 0 fully saturated rings. The number of nitrogens with one attached hydrogen (secondary N) is 1. The zero-order valence-corrected chi connectivity index (χ0v) is 13.3. The first kappa shape index (κ1) is 17.3. The van der Waals surface area contributed by atoms with Gasteiger partial charge < -0.3 is 19.2 Å². The molecule has 0 aliphatic carbocycles. The van der Waals surface area contributed by atoms with Crippen LogP contribution < -0.4 is 5.32 Å². The highest BCUT2D eigenvalue weighted by Gasteiger charge is 2.17. The topological polar surface area (TPSA) is 94.8 Å². The van der Waals surface area contributed by atoms with E-state index in [0.29, 0.717) is 0 Å². The highest BCUT2D eigenvalue weighted by atomic mass is 16.5. The summed E-state index contributed by atoms with van der Waals surface area (Å²) in [5.74, 6) is -1.60. The van der Waals surface area contributed by atoms with Gasteiger partial charge in [0.1, 0.15) is 0 Å². The van der Waals surface area contributed by atoms with E-state index in [4.69, 9.17) is 13.9 Å². The number of anilines is 1. The summed E-state index contributed by atoms with van der Waals surface area (Å²) in [6, 6.07) is 7.27. The van der Waals surface area contributed by atoms with Gasteiger partial charge in [0.05, 0.1) is 30.6 Å². The number of rotatable bonds is 6. The maximum atomic E-state index is 12.1. The Morgan fingerprint density at radius 1 is 1.00 bits per heavy atom. The van der Waals surface area contributed by atoms with Crippen molar-refractivity contribution in [1.29, 1.82) is 0 Å². The van der Waals surface area contributed by atoms with Gasteiger partial charge in [-0.25, -0.2) is 9.59 Å². The van der Waals surface area contributed by atoms with E-state index in [1.807, 2.05) is 0 Å². The van der Waals surface area contributed by atoms with Crippen molar-refractivity contribution >= 4 is 23.5 Å². The summed E-state index contributed by atoms with van der Waals surface area (Å²) < 4.78 is 14.9. The van der Waals surface area contributed by atoms with Crippen LogP contribution in [-0.4, -0.2) is 31.1 Å². The molecule has 0 unspecified atom stereocenters. The van der Waals surface area contributed by atoms with Gasteiger partial charge in [0.15, 0.2) is 5.76 Å². The second kappa shape index (κ2) is 7.96. The number of ether oxygens (including phenoxy) is 2. The molecule has 7 heteroatoms. The fourth-order valence-electron chi connectivity index (χ4n) is 1.96. The van der Waals surface area contributed by atoms with Crippen LogP contribution in [0.5, 0.6) is 0 Å². The maximum absolute atomic E-state index is 12.1. The van der Waals surface area contributed by atoms with Crippen LogP contribution in [0.1, 0.15) is 45.1 Å². The molecular weight excluding hydrogens is 314 g/mol. The Kier molecular flexibility index (Phi) is 5.73. The van der Waals surface area contributed by atoms with Gasteiger partial charge in [0.2, 0.25) is 0 Å². The van der Waals surface area contributed by atoms with Crippen LogP contribution in [-0.2, 0) is 9.47 Å². The largest absolute Gasteiger partial charge is 0.462 e. The van der Waals surface area contributed by atoms with Gasteiger partial charge in [0, 0.05) is 5.69 Å². The van der Waals surface area contributed by atoms with Gasteiger partial charge in [-0.15, -0.1) is 0 Å². The highest BCUT2D eigenvalue weighted by Crippen LogP contribution is 2.18. The maximum Gasteiger partial charge on any atom is 0.338 e. The summed E-state index contributed by atoms with van der Waals surface area (Å²) in [5.41, 5.74) is 0.527. The lowest BCUT2D eigenvalue weighted by Gasteiger charge is -2.10. The Labute approximate surface area is 138 Å². The molecule has 2 aromatic rings. The van der Waals surface area contributed by atoms with E-state index >= 15 is 0 Å². The first-order valence-electron chi connectivity index (χ1n) is 7.39. The van der Waals surface area contributed by atoms with Crippen molar-refractivity contribution in [2.75, 3.05) is 18.5 Å². The van der Waals surface area contributed by atoms with Crippen LogP contribution in [0.2, 0.25) is 0 Å². The third-order valence-electron chi connectivity index (χ3n) is 2.96. The molecule has 0 bridgehead atoms. The molecule has 126 valence electrons. The Morgan fingerprint density at radius 3 is 2.04 bits per heavy atom. The summed E-state index contributed by atoms with van der Waals surface area (Å²) in [4.78, 5) is 35.9.